The Morgan fingerprint density at radius 3 is 2.74 bits per heavy atom. The van der Waals surface area contributed by atoms with E-state index in [1.807, 2.05) is 0 Å². The third-order valence-electron chi connectivity index (χ3n) is 5.56. The van der Waals surface area contributed by atoms with E-state index >= 15 is 0 Å². The Hall–Kier alpha value is -3.86. The summed E-state index contributed by atoms with van der Waals surface area (Å²) in [4.78, 5) is 22.1. The molecule has 1 aliphatic rings. The molecule has 34 heavy (non-hydrogen) atoms. The second-order valence-electron chi connectivity index (χ2n) is 7.54. The Morgan fingerprint density at radius 2 is 1.97 bits per heavy atom. The highest BCUT2D eigenvalue weighted by molar-refractivity contribution is 6.35. The lowest BCUT2D eigenvalue weighted by Crippen LogP contribution is -2.33. The number of rotatable bonds is 2. The zero-order valence-electron chi connectivity index (χ0n) is 17.1. The van der Waals surface area contributed by atoms with Gasteiger partial charge in [-0.3, -0.25) is 4.90 Å². The predicted octanol–water partition coefficient (Wildman–Crippen LogP) is 5.88. The van der Waals surface area contributed by atoms with E-state index in [9.17, 15) is 22.4 Å². The smallest absolute Gasteiger partial charge is 0.416 e. The predicted molar refractivity (Wildman–Crippen MR) is 118 cm³/mol. The van der Waals surface area contributed by atoms with Crippen LogP contribution in [0.3, 0.4) is 0 Å². The van der Waals surface area contributed by atoms with Crippen LogP contribution >= 0.6 is 11.6 Å². The first kappa shape index (κ1) is 22.0. The van der Waals surface area contributed by atoms with Gasteiger partial charge in [-0.15, -0.1) is 0 Å². The number of nitrogen functional groups attached to an aromatic ring is 1. The number of nitrogens with two attached hydrogens (primary N) is 1. The Bertz CT molecular complexity index is 1450. The number of urea groups is 1. The van der Waals surface area contributed by atoms with Crippen molar-refractivity contribution >= 4 is 45.9 Å². The average Bonchev–Trinajstić information content (AvgIpc) is 3.40. The van der Waals surface area contributed by atoms with Crippen LogP contribution in [0.4, 0.5) is 39.5 Å². The Balaban J connectivity index is 1.47. The van der Waals surface area contributed by atoms with E-state index in [-0.39, 0.29) is 12.4 Å². The van der Waals surface area contributed by atoms with Crippen molar-refractivity contribution in [2.24, 2.45) is 0 Å². The molecule has 0 unspecified atom stereocenters. The molecule has 3 N–H and O–H groups in total. The number of hydrogen-bond acceptors (Lipinski definition) is 5. The van der Waals surface area contributed by atoms with E-state index in [1.54, 1.807) is 12.1 Å². The Morgan fingerprint density at radius 1 is 1.18 bits per heavy atom. The minimum absolute atomic E-state index is 0.197. The molecule has 2 amide bonds. The van der Waals surface area contributed by atoms with Crippen molar-refractivity contribution in [2.45, 2.75) is 12.6 Å². The number of aromatic nitrogens is 2. The van der Waals surface area contributed by atoms with Crippen LogP contribution in [0.5, 0.6) is 0 Å². The van der Waals surface area contributed by atoms with Crippen molar-refractivity contribution in [3.63, 3.8) is 0 Å². The minimum atomic E-state index is -4.68. The van der Waals surface area contributed by atoms with Crippen molar-refractivity contribution in [1.29, 1.82) is 0 Å². The lowest BCUT2D eigenvalue weighted by Gasteiger charge is -2.19. The van der Waals surface area contributed by atoms with Crippen LogP contribution in [0, 0.1) is 5.82 Å². The highest BCUT2D eigenvalue weighted by Gasteiger charge is 2.33. The van der Waals surface area contributed by atoms with E-state index in [0.29, 0.717) is 63.1 Å². The first-order valence-electron chi connectivity index (χ1n) is 9.90. The monoisotopic (exact) mass is 491 g/mol. The largest absolute Gasteiger partial charge is 0.445 e. The second-order valence-corrected chi connectivity index (χ2v) is 7.92. The number of nitrogens with one attached hydrogen (secondary N) is 1. The lowest BCUT2D eigenvalue weighted by atomic mass is 10.0. The maximum atomic E-state index is 14.1. The number of nitrogens with zero attached hydrogens (tertiary/aromatic N) is 3. The van der Waals surface area contributed by atoms with Crippen molar-refractivity contribution in [1.82, 2.24) is 9.97 Å². The van der Waals surface area contributed by atoms with Gasteiger partial charge in [0.15, 0.2) is 0 Å². The highest BCUT2D eigenvalue weighted by Crippen LogP contribution is 2.43. The van der Waals surface area contributed by atoms with Gasteiger partial charge in [0.05, 0.1) is 27.3 Å². The standard InChI is InChI=1S/C22H14ClF4N5O2/c23-18-11(13-8-34-20-17(13)19(28)29-9-30-20)2-4-16-12(18)5-6-32(16)21(33)31-15-7-10(22(25,26)27)1-3-14(15)24/h1-4,7-9H,5-6H2,(H,31,33)(H2,28,29,30). The molecule has 7 nitrogen and oxygen atoms in total. The van der Waals surface area contributed by atoms with Gasteiger partial charge in [0.25, 0.3) is 0 Å². The van der Waals surface area contributed by atoms with E-state index in [0.717, 1.165) is 0 Å². The van der Waals surface area contributed by atoms with Crippen LogP contribution in [0.25, 0.3) is 22.2 Å². The molecule has 0 saturated heterocycles. The van der Waals surface area contributed by atoms with E-state index in [2.05, 4.69) is 15.3 Å². The molecule has 0 fully saturated rings. The van der Waals surface area contributed by atoms with Crippen molar-refractivity contribution in [3.8, 4) is 11.1 Å². The van der Waals surface area contributed by atoms with Crippen LogP contribution in [0.15, 0.2) is 47.3 Å². The summed E-state index contributed by atoms with van der Waals surface area (Å²) in [6.07, 6.45) is -1.57. The fraction of sp³-hybridized carbons (Fsp3) is 0.136. The van der Waals surface area contributed by atoms with Crippen molar-refractivity contribution in [2.75, 3.05) is 22.5 Å². The van der Waals surface area contributed by atoms with Gasteiger partial charge in [-0.05, 0) is 36.2 Å². The van der Waals surface area contributed by atoms with Gasteiger partial charge in [0.1, 0.15) is 24.2 Å². The number of hydrogen-bond donors (Lipinski definition) is 2. The number of amides is 2. The van der Waals surface area contributed by atoms with Gasteiger partial charge in [0, 0.05) is 17.7 Å². The highest BCUT2D eigenvalue weighted by atomic mass is 35.5. The van der Waals surface area contributed by atoms with Crippen LogP contribution in [-0.2, 0) is 12.6 Å². The average molecular weight is 492 g/mol. The van der Waals surface area contributed by atoms with Gasteiger partial charge in [-0.1, -0.05) is 17.7 Å². The van der Waals surface area contributed by atoms with Gasteiger partial charge in [-0.2, -0.15) is 13.2 Å². The molecule has 174 valence electrons. The fourth-order valence-corrected chi connectivity index (χ4v) is 4.30. The number of carbonyl (C=O) groups excluding carboxylic acids is 1. The zero-order valence-corrected chi connectivity index (χ0v) is 17.8. The molecular formula is C22H14ClF4N5O2. The van der Waals surface area contributed by atoms with Crippen LogP contribution < -0.4 is 16.0 Å². The molecule has 0 aliphatic carbocycles. The number of halogens is 5. The van der Waals surface area contributed by atoms with Crippen molar-refractivity contribution in [3.05, 3.63) is 64.9 Å². The molecule has 1 aliphatic heterocycles. The molecule has 0 saturated carbocycles. The van der Waals surface area contributed by atoms with E-state index in [4.69, 9.17) is 21.8 Å². The number of anilines is 3. The molecule has 5 rings (SSSR count). The Kier molecular flexibility index (Phi) is 5.08. The minimum Gasteiger partial charge on any atom is -0.445 e. The SMILES string of the molecule is Nc1ncnc2occ(-c3ccc4c(c3Cl)CCN4C(=O)Nc3cc(C(F)(F)F)ccc3F)c12. The van der Waals surface area contributed by atoms with Gasteiger partial charge in [0.2, 0.25) is 5.71 Å². The molecule has 12 heteroatoms. The third kappa shape index (κ3) is 3.58. The van der Waals surface area contributed by atoms with Gasteiger partial charge in [-0.25, -0.2) is 19.2 Å². The molecule has 0 bridgehead atoms. The number of fused-ring (bicyclic) bond motifs is 2. The summed E-state index contributed by atoms with van der Waals surface area (Å²) in [6.45, 7) is 0.197. The first-order chi connectivity index (χ1) is 16.1. The molecule has 0 radical (unpaired) electrons. The topological polar surface area (TPSA) is 97.3 Å². The maximum Gasteiger partial charge on any atom is 0.416 e. The first-order valence-corrected chi connectivity index (χ1v) is 10.3. The quantitative estimate of drug-likeness (QED) is 0.341. The molecule has 0 spiro atoms. The zero-order chi connectivity index (χ0) is 24.2. The second kappa shape index (κ2) is 7.87. The normalized spacial score (nSPS) is 13.4. The molecule has 3 heterocycles. The molecule has 2 aromatic carbocycles. The molecule has 0 atom stereocenters. The van der Waals surface area contributed by atoms with Crippen LogP contribution in [0.1, 0.15) is 11.1 Å². The van der Waals surface area contributed by atoms with E-state index < -0.39 is 29.3 Å². The molecule has 2 aromatic heterocycles. The molecule has 4 aromatic rings. The summed E-state index contributed by atoms with van der Waals surface area (Å²) in [6, 6.07) is 4.33. The Labute approximate surface area is 194 Å². The number of furan rings is 1. The molecular weight excluding hydrogens is 478 g/mol. The number of carbonyl (C=O) groups is 1. The summed E-state index contributed by atoms with van der Waals surface area (Å²) < 4.78 is 58.5. The van der Waals surface area contributed by atoms with E-state index in [1.165, 1.54) is 17.5 Å². The summed E-state index contributed by atoms with van der Waals surface area (Å²) in [5, 5.41) is 3.07. The summed E-state index contributed by atoms with van der Waals surface area (Å²) in [5.41, 5.74) is 6.88. The van der Waals surface area contributed by atoms with Crippen molar-refractivity contribution < 1.29 is 26.8 Å². The van der Waals surface area contributed by atoms with Gasteiger partial charge >= 0.3 is 12.2 Å². The van der Waals surface area contributed by atoms with Crippen LogP contribution in [0.2, 0.25) is 5.02 Å². The third-order valence-corrected chi connectivity index (χ3v) is 6.00. The summed E-state index contributed by atoms with van der Waals surface area (Å²) >= 11 is 6.66. The number of alkyl halides is 3. The van der Waals surface area contributed by atoms with Gasteiger partial charge < -0.3 is 15.5 Å². The van der Waals surface area contributed by atoms with Crippen LogP contribution in [-0.4, -0.2) is 22.5 Å². The summed E-state index contributed by atoms with van der Waals surface area (Å²) in [7, 11) is 0. The maximum absolute atomic E-state index is 14.1. The number of benzene rings is 2. The summed E-state index contributed by atoms with van der Waals surface area (Å²) in [5.74, 6) is -0.768. The fourth-order valence-electron chi connectivity index (χ4n) is 3.94. The lowest BCUT2D eigenvalue weighted by molar-refractivity contribution is -0.137.